The molecule has 0 amide bonds. The Labute approximate surface area is 115 Å². The number of rotatable bonds is 3. The fourth-order valence-corrected chi connectivity index (χ4v) is 3.23. The van der Waals surface area contributed by atoms with Gasteiger partial charge in [-0.1, -0.05) is 29.3 Å². The van der Waals surface area contributed by atoms with Crippen LogP contribution in [0, 0.1) is 0 Å². The number of carbonyl (C=O) groups excluding carboxylic acids is 1. The molecule has 5 heteroatoms. The lowest BCUT2D eigenvalue weighted by molar-refractivity contribution is -0.112. The largest absolute Gasteiger partial charge is 0.302 e. The van der Waals surface area contributed by atoms with Gasteiger partial charge in [-0.05, 0) is 17.7 Å². The van der Waals surface area contributed by atoms with Gasteiger partial charge < -0.3 is 4.79 Å². The van der Waals surface area contributed by atoms with Gasteiger partial charge in [0.2, 0.25) is 0 Å². The molecule has 1 aliphatic rings. The zero-order valence-electron chi connectivity index (χ0n) is 9.23. The molecule has 1 aromatic rings. The second kappa shape index (κ2) is 6.10. The second-order valence-corrected chi connectivity index (χ2v) is 5.96. The van der Waals surface area contributed by atoms with Gasteiger partial charge in [0.25, 0.3) is 0 Å². The van der Waals surface area contributed by atoms with Crippen LogP contribution in [0.2, 0.25) is 10.0 Å². The normalized spacial score (nSPS) is 21.4. The Bertz CT molecular complexity index is 413. The van der Waals surface area contributed by atoms with Crippen LogP contribution in [0.25, 0.3) is 0 Å². The van der Waals surface area contributed by atoms with E-state index < -0.39 is 0 Å². The summed E-state index contributed by atoms with van der Waals surface area (Å²) in [6.45, 7) is 1.69. The Kier molecular flexibility index (Phi) is 4.74. The van der Waals surface area contributed by atoms with E-state index >= 15 is 0 Å². The summed E-state index contributed by atoms with van der Waals surface area (Å²) in [4.78, 5) is 13.2. The Morgan fingerprint density at radius 3 is 2.94 bits per heavy atom. The van der Waals surface area contributed by atoms with Crippen molar-refractivity contribution in [2.24, 2.45) is 0 Å². The molecule has 0 saturated carbocycles. The minimum Gasteiger partial charge on any atom is -0.302 e. The van der Waals surface area contributed by atoms with E-state index in [0.29, 0.717) is 10.0 Å². The maximum Gasteiger partial charge on any atom is 0.137 e. The van der Waals surface area contributed by atoms with Crippen molar-refractivity contribution in [1.82, 2.24) is 4.90 Å². The molecular weight excluding hydrogens is 277 g/mol. The summed E-state index contributed by atoms with van der Waals surface area (Å²) in [7, 11) is 0. The van der Waals surface area contributed by atoms with Crippen LogP contribution in [-0.4, -0.2) is 35.3 Å². The molecule has 1 aliphatic heterocycles. The molecule has 0 spiro atoms. The zero-order chi connectivity index (χ0) is 12.3. The third-order valence-corrected chi connectivity index (χ3v) is 4.59. The summed E-state index contributed by atoms with van der Waals surface area (Å²) < 4.78 is 0. The molecule has 1 aromatic carbocycles. The summed E-state index contributed by atoms with van der Waals surface area (Å²) in [5.41, 5.74) is 1.10. The van der Waals surface area contributed by atoms with Crippen molar-refractivity contribution in [2.45, 2.75) is 12.6 Å². The summed E-state index contributed by atoms with van der Waals surface area (Å²) >= 11 is 13.7. The molecule has 0 aromatic heterocycles. The SMILES string of the molecule is O=CC1CSCCN1Cc1ccc(Cl)c(Cl)c1. The van der Waals surface area contributed by atoms with Crippen molar-refractivity contribution in [1.29, 1.82) is 0 Å². The quantitative estimate of drug-likeness (QED) is 0.798. The van der Waals surface area contributed by atoms with Crippen molar-refractivity contribution in [3.05, 3.63) is 33.8 Å². The average Bonchev–Trinajstić information content (AvgIpc) is 2.34. The molecule has 0 aliphatic carbocycles. The first-order valence-electron chi connectivity index (χ1n) is 5.41. The fourth-order valence-electron chi connectivity index (χ4n) is 1.85. The van der Waals surface area contributed by atoms with E-state index in [-0.39, 0.29) is 6.04 Å². The monoisotopic (exact) mass is 289 g/mol. The lowest BCUT2D eigenvalue weighted by atomic mass is 10.2. The van der Waals surface area contributed by atoms with Gasteiger partial charge >= 0.3 is 0 Å². The average molecular weight is 290 g/mol. The van der Waals surface area contributed by atoms with Gasteiger partial charge in [0, 0.05) is 24.6 Å². The zero-order valence-corrected chi connectivity index (χ0v) is 11.6. The molecule has 2 nitrogen and oxygen atoms in total. The maximum atomic E-state index is 11.0. The summed E-state index contributed by atoms with van der Waals surface area (Å²) in [6.07, 6.45) is 1.03. The Morgan fingerprint density at radius 1 is 1.41 bits per heavy atom. The smallest absolute Gasteiger partial charge is 0.137 e. The molecule has 17 heavy (non-hydrogen) atoms. The molecule has 0 N–H and O–H groups in total. The second-order valence-electron chi connectivity index (χ2n) is 4.00. The van der Waals surface area contributed by atoms with Crippen LogP contribution in [-0.2, 0) is 11.3 Å². The Morgan fingerprint density at radius 2 is 2.24 bits per heavy atom. The van der Waals surface area contributed by atoms with Crippen LogP contribution in [0.5, 0.6) is 0 Å². The summed E-state index contributed by atoms with van der Waals surface area (Å²) in [6, 6.07) is 5.64. The van der Waals surface area contributed by atoms with Gasteiger partial charge in [-0.3, -0.25) is 4.90 Å². The van der Waals surface area contributed by atoms with Gasteiger partial charge in [0.15, 0.2) is 0 Å². The number of carbonyl (C=O) groups is 1. The third kappa shape index (κ3) is 3.38. The number of hydrogen-bond donors (Lipinski definition) is 0. The maximum absolute atomic E-state index is 11.0. The highest BCUT2D eigenvalue weighted by molar-refractivity contribution is 7.99. The molecule has 92 valence electrons. The molecule has 1 unspecified atom stereocenters. The third-order valence-electron chi connectivity index (χ3n) is 2.81. The van der Waals surface area contributed by atoms with Crippen molar-refractivity contribution >= 4 is 41.2 Å². The molecule has 1 atom stereocenters. The van der Waals surface area contributed by atoms with Crippen LogP contribution in [0.1, 0.15) is 5.56 Å². The first-order valence-corrected chi connectivity index (χ1v) is 7.33. The van der Waals surface area contributed by atoms with Gasteiger partial charge in [0.1, 0.15) is 6.29 Å². The first kappa shape index (κ1) is 13.2. The van der Waals surface area contributed by atoms with E-state index in [1.807, 2.05) is 23.9 Å². The van der Waals surface area contributed by atoms with Crippen LogP contribution >= 0.6 is 35.0 Å². The van der Waals surface area contributed by atoms with Crippen molar-refractivity contribution in [3.63, 3.8) is 0 Å². The molecule has 2 rings (SSSR count). The molecule has 1 fully saturated rings. The summed E-state index contributed by atoms with van der Waals surface area (Å²) in [5, 5.41) is 1.13. The van der Waals surface area contributed by atoms with Gasteiger partial charge in [-0.15, -0.1) is 0 Å². The van der Waals surface area contributed by atoms with Crippen molar-refractivity contribution < 1.29 is 4.79 Å². The molecular formula is C12H13Cl2NOS. The van der Waals surface area contributed by atoms with Crippen molar-refractivity contribution in [2.75, 3.05) is 18.1 Å². The van der Waals surface area contributed by atoms with Gasteiger partial charge in [0.05, 0.1) is 16.1 Å². The fraction of sp³-hybridized carbons (Fsp3) is 0.417. The van der Waals surface area contributed by atoms with Crippen LogP contribution in [0.4, 0.5) is 0 Å². The molecule has 0 bridgehead atoms. The summed E-state index contributed by atoms with van der Waals surface area (Å²) in [5.74, 6) is 1.95. The van der Waals surface area contributed by atoms with E-state index in [9.17, 15) is 4.79 Å². The van der Waals surface area contributed by atoms with Crippen LogP contribution in [0.15, 0.2) is 18.2 Å². The number of halogens is 2. The van der Waals surface area contributed by atoms with Crippen LogP contribution in [0.3, 0.4) is 0 Å². The molecule has 1 heterocycles. The number of thioether (sulfide) groups is 1. The highest BCUT2D eigenvalue weighted by Crippen LogP contribution is 2.24. The topological polar surface area (TPSA) is 20.3 Å². The Hall–Kier alpha value is -0.220. The molecule has 1 saturated heterocycles. The lowest BCUT2D eigenvalue weighted by Crippen LogP contribution is -2.42. The predicted octanol–water partition coefficient (Wildman–Crippen LogP) is 3.11. The van der Waals surface area contributed by atoms with E-state index in [1.165, 1.54) is 0 Å². The number of aldehydes is 1. The standard InChI is InChI=1S/C12H13Cl2NOS/c13-11-2-1-9(5-12(11)14)6-15-3-4-17-8-10(15)7-16/h1-2,5,7,10H,3-4,6,8H2. The highest BCUT2D eigenvalue weighted by atomic mass is 35.5. The number of benzene rings is 1. The van der Waals surface area contributed by atoms with Gasteiger partial charge in [-0.2, -0.15) is 11.8 Å². The first-order chi connectivity index (χ1) is 8.20. The van der Waals surface area contributed by atoms with E-state index in [1.54, 1.807) is 6.07 Å². The minimum absolute atomic E-state index is 0.0169. The van der Waals surface area contributed by atoms with E-state index in [4.69, 9.17) is 23.2 Å². The van der Waals surface area contributed by atoms with E-state index in [2.05, 4.69) is 4.90 Å². The lowest BCUT2D eigenvalue weighted by Gasteiger charge is -2.31. The molecule has 0 radical (unpaired) electrons. The number of nitrogens with zero attached hydrogens (tertiary/aromatic N) is 1. The van der Waals surface area contributed by atoms with Crippen LogP contribution < -0.4 is 0 Å². The minimum atomic E-state index is 0.0169. The highest BCUT2D eigenvalue weighted by Gasteiger charge is 2.22. The number of hydrogen-bond acceptors (Lipinski definition) is 3. The Balaban J connectivity index is 2.08. The van der Waals surface area contributed by atoms with Crippen molar-refractivity contribution in [3.8, 4) is 0 Å². The van der Waals surface area contributed by atoms with E-state index in [0.717, 1.165) is 36.4 Å². The van der Waals surface area contributed by atoms with Gasteiger partial charge in [-0.25, -0.2) is 0 Å². The predicted molar refractivity (Wildman–Crippen MR) is 74.0 cm³/mol.